The van der Waals surface area contributed by atoms with Gasteiger partial charge in [0.05, 0.1) is 0 Å². The van der Waals surface area contributed by atoms with Gasteiger partial charge < -0.3 is 10.5 Å². The van der Waals surface area contributed by atoms with E-state index in [4.69, 9.17) is 22.1 Å². The molecule has 1 rings (SSSR count). The standard InChI is InChI=1S/C10H12ClNO/c1-8(11)7-13-10-4-2-3-9(5-10)6-12/h2-5H,1,6-7,12H2. The molecule has 13 heavy (non-hydrogen) atoms. The minimum absolute atomic E-state index is 0.329. The molecule has 0 bridgehead atoms. The Balaban J connectivity index is 2.61. The van der Waals surface area contributed by atoms with Crippen molar-refractivity contribution < 1.29 is 4.74 Å². The fourth-order valence-electron chi connectivity index (χ4n) is 0.924. The van der Waals surface area contributed by atoms with Gasteiger partial charge in [0, 0.05) is 11.6 Å². The molecular weight excluding hydrogens is 186 g/mol. The van der Waals surface area contributed by atoms with E-state index in [0.29, 0.717) is 18.2 Å². The van der Waals surface area contributed by atoms with Gasteiger partial charge in [0.2, 0.25) is 0 Å². The van der Waals surface area contributed by atoms with Crippen LogP contribution in [0.1, 0.15) is 5.56 Å². The number of hydrogen-bond acceptors (Lipinski definition) is 2. The van der Waals surface area contributed by atoms with Crippen LogP contribution in [-0.2, 0) is 6.54 Å². The van der Waals surface area contributed by atoms with Crippen molar-refractivity contribution in [3.05, 3.63) is 41.4 Å². The van der Waals surface area contributed by atoms with E-state index in [1.54, 1.807) is 0 Å². The van der Waals surface area contributed by atoms with Crippen molar-refractivity contribution in [2.45, 2.75) is 6.54 Å². The van der Waals surface area contributed by atoms with Crippen molar-refractivity contribution in [2.24, 2.45) is 5.73 Å². The highest BCUT2D eigenvalue weighted by Gasteiger charge is 1.95. The van der Waals surface area contributed by atoms with Crippen LogP contribution in [0.5, 0.6) is 5.75 Å². The predicted molar refractivity (Wildman–Crippen MR) is 54.8 cm³/mol. The molecule has 1 aromatic rings. The van der Waals surface area contributed by atoms with Crippen molar-refractivity contribution in [2.75, 3.05) is 6.61 Å². The van der Waals surface area contributed by atoms with Crippen LogP contribution in [0.2, 0.25) is 0 Å². The van der Waals surface area contributed by atoms with E-state index in [2.05, 4.69) is 6.58 Å². The SMILES string of the molecule is C=C(Cl)COc1cccc(CN)c1. The number of halogens is 1. The monoisotopic (exact) mass is 197 g/mol. The van der Waals surface area contributed by atoms with E-state index in [9.17, 15) is 0 Å². The lowest BCUT2D eigenvalue weighted by atomic mass is 10.2. The molecule has 70 valence electrons. The molecule has 0 saturated carbocycles. The summed E-state index contributed by atoms with van der Waals surface area (Å²) in [5.41, 5.74) is 6.52. The van der Waals surface area contributed by atoms with Crippen LogP contribution in [0, 0.1) is 0 Å². The van der Waals surface area contributed by atoms with Gasteiger partial charge in [-0.1, -0.05) is 30.3 Å². The molecule has 0 unspecified atom stereocenters. The molecule has 3 heteroatoms. The highest BCUT2D eigenvalue weighted by atomic mass is 35.5. The molecule has 0 aliphatic carbocycles. The summed E-state index contributed by atoms with van der Waals surface area (Å²) in [4.78, 5) is 0. The summed E-state index contributed by atoms with van der Waals surface area (Å²) < 4.78 is 5.32. The first kappa shape index (κ1) is 10.1. The summed E-state index contributed by atoms with van der Waals surface area (Å²) in [7, 11) is 0. The Bertz CT molecular complexity index is 299. The van der Waals surface area contributed by atoms with Crippen molar-refractivity contribution >= 4 is 11.6 Å². The Kier molecular flexibility index (Phi) is 3.80. The van der Waals surface area contributed by atoms with Crippen LogP contribution < -0.4 is 10.5 Å². The molecule has 1 aromatic carbocycles. The molecule has 0 aliphatic heterocycles. The maximum absolute atomic E-state index is 5.56. The number of ether oxygens (including phenoxy) is 1. The Labute approximate surface area is 83.0 Å². The van der Waals surface area contributed by atoms with Crippen molar-refractivity contribution in [3.63, 3.8) is 0 Å². The third-order valence-corrected chi connectivity index (χ3v) is 1.64. The van der Waals surface area contributed by atoms with Crippen molar-refractivity contribution in [1.82, 2.24) is 0 Å². The molecule has 0 saturated heterocycles. The Morgan fingerprint density at radius 1 is 1.54 bits per heavy atom. The van der Waals surface area contributed by atoms with Crippen molar-refractivity contribution in [3.8, 4) is 5.75 Å². The maximum Gasteiger partial charge on any atom is 0.123 e. The van der Waals surface area contributed by atoms with Gasteiger partial charge in [-0.25, -0.2) is 0 Å². The third-order valence-electron chi connectivity index (χ3n) is 1.53. The van der Waals surface area contributed by atoms with E-state index < -0.39 is 0 Å². The lowest BCUT2D eigenvalue weighted by molar-refractivity contribution is 0.359. The smallest absolute Gasteiger partial charge is 0.123 e. The molecule has 0 fully saturated rings. The Morgan fingerprint density at radius 3 is 2.92 bits per heavy atom. The zero-order valence-corrected chi connectivity index (χ0v) is 8.05. The Hall–Kier alpha value is -0.990. The van der Waals surface area contributed by atoms with Gasteiger partial charge in [-0.05, 0) is 17.7 Å². The summed E-state index contributed by atoms with van der Waals surface area (Å²) in [6.07, 6.45) is 0. The number of hydrogen-bond donors (Lipinski definition) is 1. The first-order chi connectivity index (χ1) is 6.22. The molecule has 0 radical (unpaired) electrons. The van der Waals surface area contributed by atoms with Gasteiger partial charge in [0.25, 0.3) is 0 Å². The van der Waals surface area contributed by atoms with Gasteiger partial charge >= 0.3 is 0 Å². The average Bonchev–Trinajstić information content (AvgIpc) is 2.15. The van der Waals surface area contributed by atoms with Gasteiger partial charge in [-0.2, -0.15) is 0 Å². The number of rotatable bonds is 4. The summed E-state index contributed by atoms with van der Waals surface area (Å²) in [5.74, 6) is 0.768. The van der Waals surface area contributed by atoms with Crippen LogP contribution in [-0.4, -0.2) is 6.61 Å². The minimum atomic E-state index is 0.329. The lowest BCUT2D eigenvalue weighted by Gasteiger charge is -2.05. The second kappa shape index (κ2) is 4.90. The quantitative estimate of drug-likeness (QED) is 0.804. The van der Waals surface area contributed by atoms with Crippen LogP contribution in [0.4, 0.5) is 0 Å². The highest BCUT2D eigenvalue weighted by molar-refractivity contribution is 6.29. The van der Waals surface area contributed by atoms with Crippen LogP contribution >= 0.6 is 11.6 Å². The summed E-state index contributed by atoms with van der Waals surface area (Å²) in [5, 5.41) is 0.484. The van der Waals surface area contributed by atoms with Gasteiger partial charge in [-0.15, -0.1) is 0 Å². The number of benzene rings is 1. The van der Waals surface area contributed by atoms with Gasteiger partial charge in [-0.3, -0.25) is 0 Å². The first-order valence-corrected chi connectivity index (χ1v) is 4.35. The average molecular weight is 198 g/mol. The minimum Gasteiger partial charge on any atom is -0.488 e. The van der Waals surface area contributed by atoms with Crippen molar-refractivity contribution in [1.29, 1.82) is 0 Å². The summed E-state index contributed by atoms with van der Waals surface area (Å²) in [6, 6.07) is 7.59. The Morgan fingerprint density at radius 2 is 2.31 bits per heavy atom. The largest absolute Gasteiger partial charge is 0.488 e. The highest BCUT2D eigenvalue weighted by Crippen LogP contribution is 2.13. The van der Waals surface area contributed by atoms with E-state index >= 15 is 0 Å². The fourth-order valence-corrected chi connectivity index (χ4v) is 0.978. The molecule has 2 nitrogen and oxygen atoms in total. The molecule has 0 spiro atoms. The first-order valence-electron chi connectivity index (χ1n) is 3.97. The second-order valence-corrected chi connectivity index (χ2v) is 3.19. The number of nitrogens with two attached hydrogens (primary N) is 1. The van der Waals surface area contributed by atoms with E-state index in [1.165, 1.54) is 0 Å². The zero-order valence-electron chi connectivity index (χ0n) is 7.29. The topological polar surface area (TPSA) is 35.2 Å². The summed E-state index contributed by atoms with van der Waals surface area (Å²) in [6.45, 7) is 4.37. The van der Waals surface area contributed by atoms with E-state index in [1.807, 2.05) is 24.3 Å². The second-order valence-electron chi connectivity index (χ2n) is 2.66. The van der Waals surface area contributed by atoms with Crippen LogP contribution in [0.3, 0.4) is 0 Å². The summed E-state index contributed by atoms with van der Waals surface area (Å²) >= 11 is 5.56. The molecule has 2 N–H and O–H groups in total. The molecular formula is C10H12ClNO. The maximum atomic E-state index is 5.56. The molecule has 0 amide bonds. The molecule has 0 aliphatic rings. The van der Waals surface area contributed by atoms with Crippen LogP contribution in [0.25, 0.3) is 0 Å². The van der Waals surface area contributed by atoms with Crippen LogP contribution in [0.15, 0.2) is 35.9 Å². The molecule has 0 aromatic heterocycles. The third kappa shape index (κ3) is 3.49. The van der Waals surface area contributed by atoms with E-state index in [0.717, 1.165) is 11.3 Å². The zero-order chi connectivity index (χ0) is 9.68. The lowest BCUT2D eigenvalue weighted by Crippen LogP contribution is -1.99. The van der Waals surface area contributed by atoms with Gasteiger partial charge in [0.15, 0.2) is 0 Å². The molecule has 0 heterocycles. The predicted octanol–water partition coefficient (Wildman–Crippen LogP) is 2.28. The van der Waals surface area contributed by atoms with E-state index in [-0.39, 0.29) is 0 Å². The fraction of sp³-hybridized carbons (Fsp3) is 0.200. The van der Waals surface area contributed by atoms with Gasteiger partial charge in [0.1, 0.15) is 12.4 Å². The normalized spacial score (nSPS) is 9.69. The molecule has 0 atom stereocenters.